The van der Waals surface area contributed by atoms with Crippen LogP contribution in [0.5, 0.6) is 5.75 Å². The van der Waals surface area contributed by atoms with E-state index in [1.807, 2.05) is 31.2 Å². The highest BCUT2D eigenvalue weighted by Gasteiger charge is 2.35. The number of benzene rings is 2. The second kappa shape index (κ2) is 7.24. The summed E-state index contributed by atoms with van der Waals surface area (Å²) in [6.45, 7) is 4.06. The molecule has 0 saturated carbocycles. The Labute approximate surface area is 165 Å². The van der Waals surface area contributed by atoms with Crippen LogP contribution in [0.25, 0.3) is 16.9 Å². The Balaban J connectivity index is 1.61. The Morgan fingerprint density at radius 1 is 0.966 bits per heavy atom. The summed E-state index contributed by atoms with van der Waals surface area (Å²) >= 11 is 0. The zero-order valence-corrected chi connectivity index (χ0v) is 15.9. The summed E-state index contributed by atoms with van der Waals surface area (Å²) in [6, 6.07) is 17.4. The molecule has 4 rings (SSSR count). The third-order valence-electron chi connectivity index (χ3n) is 4.48. The Morgan fingerprint density at radius 3 is 2.41 bits per heavy atom. The number of nitrogens with zero attached hydrogens (tertiary/aromatic N) is 3. The van der Waals surface area contributed by atoms with Crippen molar-refractivity contribution in [1.82, 2.24) is 14.6 Å². The van der Waals surface area contributed by atoms with Gasteiger partial charge in [0.1, 0.15) is 12.4 Å². The predicted molar refractivity (Wildman–Crippen MR) is 104 cm³/mol. The molecule has 148 valence electrons. The fraction of sp³-hybridized carbons (Fsp3) is 0.182. The van der Waals surface area contributed by atoms with Crippen molar-refractivity contribution < 1.29 is 17.9 Å². The topological polar surface area (TPSA) is 39.4 Å². The lowest BCUT2D eigenvalue weighted by Crippen LogP contribution is -2.13. The highest BCUT2D eigenvalue weighted by molar-refractivity contribution is 5.63. The van der Waals surface area contributed by atoms with Crippen molar-refractivity contribution in [2.24, 2.45) is 0 Å². The second-order valence-electron chi connectivity index (χ2n) is 6.88. The molecule has 0 saturated heterocycles. The largest absolute Gasteiger partial charge is 0.489 e. The molecule has 0 bridgehead atoms. The lowest BCUT2D eigenvalue weighted by Gasteiger charge is -2.11. The van der Waals surface area contributed by atoms with Crippen LogP contribution in [-0.4, -0.2) is 14.6 Å². The molecule has 0 aliphatic rings. The van der Waals surface area contributed by atoms with Gasteiger partial charge in [-0.25, -0.2) is 9.50 Å². The number of halogens is 3. The van der Waals surface area contributed by atoms with Crippen molar-refractivity contribution >= 4 is 5.65 Å². The molecule has 0 aliphatic heterocycles. The Bertz CT molecular complexity index is 1160. The number of aryl methyl sites for hydroxylation is 2. The van der Waals surface area contributed by atoms with Crippen LogP contribution >= 0.6 is 0 Å². The first-order chi connectivity index (χ1) is 13.8. The molecule has 2 aromatic carbocycles. The molecule has 4 aromatic rings. The lowest BCUT2D eigenvalue weighted by molar-refractivity contribution is -0.142. The molecule has 0 aliphatic carbocycles. The van der Waals surface area contributed by atoms with Crippen molar-refractivity contribution in [3.05, 3.63) is 83.2 Å². The summed E-state index contributed by atoms with van der Waals surface area (Å²) in [7, 11) is 0. The first kappa shape index (κ1) is 19.0. The Hall–Kier alpha value is -3.35. The second-order valence-corrected chi connectivity index (χ2v) is 6.88. The fourth-order valence-corrected chi connectivity index (χ4v) is 3.13. The van der Waals surface area contributed by atoms with Gasteiger partial charge in [0, 0.05) is 11.6 Å². The smallest absolute Gasteiger partial charge is 0.433 e. The number of alkyl halides is 3. The maximum absolute atomic E-state index is 13.5. The van der Waals surface area contributed by atoms with Gasteiger partial charge in [0.15, 0.2) is 11.3 Å². The average molecular weight is 397 g/mol. The molecular weight excluding hydrogens is 379 g/mol. The fourth-order valence-electron chi connectivity index (χ4n) is 3.13. The van der Waals surface area contributed by atoms with Gasteiger partial charge in [0.2, 0.25) is 0 Å². The van der Waals surface area contributed by atoms with Crippen molar-refractivity contribution in [3.8, 4) is 17.0 Å². The van der Waals surface area contributed by atoms with Crippen LogP contribution in [0.15, 0.2) is 60.7 Å². The van der Waals surface area contributed by atoms with Crippen molar-refractivity contribution in [2.45, 2.75) is 26.6 Å². The third kappa shape index (κ3) is 4.08. The summed E-state index contributed by atoms with van der Waals surface area (Å²) in [4.78, 5) is 4.33. The van der Waals surface area contributed by atoms with Crippen LogP contribution in [0, 0.1) is 13.8 Å². The standard InChI is InChI=1S/C22H18F3N3O/c1-14-4-3-5-16(10-14)13-29-18-8-6-17(7-9-18)19-12-20(22(23,24)25)28-21(26-19)11-15(2)27-28/h3-12H,13H2,1-2H3. The van der Waals surface area contributed by atoms with E-state index in [-0.39, 0.29) is 11.3 Å². The number of rotatable bonds is 4. The lowest BCUT2D eigenvalue weighted by atomic mass is 10.1. The normalized spacial score (nSPS) is 11.8. The van der Waals surface area contributed by atoms with E-state index >= 15 is 0 Å². The van der Waals surface area contributed by atoms with Gasteiger partial charge in [-0.2, -0.15) is 18.3 Å². The monoisotopic (exact) mass is 397 g/mol. The minimum absolute atomic E-state index is 0.159. The summed E-state index contributed by atoms with van der Waals surface area (Å²) in [5.74, 6) is 0.632. The van der Waals surface area contributed by atoms with E-state index in [1.54, 1.807) is 31.2 Å². The van der Waals surface area contributed by atoms with E-state index < -0.39 is 11.9 Å². The van der Waals surface area contributed by atoms with Crippen LogP contribution < -0.4 is 4.74 Å². The van der Waals surface area contributed by atoms with E-state index in [9.17, 15) is 13.2 Å². The quantitative estimate of drug-likeness (QED) is 0.449. The number of ether oxygens (including phenoxy) is 1. The minimum Gasteiger partial charge on any atom is -0.489 e. The van der Waals surface area contributed by atoms with Crippen LogP contribution in [0.2, 0.25) is 0 Å². The first-order valence-electron chi connectivity index (χ1n) is 9.03. The van der Waals surface area contributed by atoms with Gasteiger partial charge in [-0.3, -0.25) is 0 Å². The average Bonchev–Trinajstić information content (AvgIpc) is 3.05. The van der Waals surface area contributed by atoms with Crippen molar-refractivity contribution in [3.63, 3.8) is 0 Å². The molecule has 7 heteroatoms. The van der Waals surface area contributed by atoms with E-state index in [2.05, 4.69) is 10.1 Å². The summed E-state index contributed by atoms with van der Waals surface area (Å²) < 4.78 is 47.0. The molecule has 0 fully saturated rings. The molecule has 2 aromatic heterocycles. The summed E-state index contributed by atoms with van der Waals surface area (Å²) in [6.07, 6.45) is -4.54. The van der Waals surface area contributed by atoms with E-state index in [4.69, 9.17) is 4.74 Å². The molecule has 0 unspecified atom stereocenters. The van der Waals surface area contributed by atoms with E-state index in [0.29, 0.717) is 23.6 Å². The number of fused-ring (bicyclic) bond motifs is 1. The molecule has 2 heterocycles. The van der Waals surface area contributed by atoms with Gasteiger partial charge in [0.05, 0.1) is 11.4 Å². The number of aromatic nitrogens is 3. The zero-order chi connectivity index (χ0) is 20.6. The summed E-state index contributed by atoms with van der Waals surface area (Å²) in [5, 5.41) is 3.90. The van der Waals surface area contributed by atoms with Crippen molar-refractivity contribution in [1.29, 1.82) is 0 Å². The highest BCUT2D eigenvalue weighted by atomic mass is 19.4. The molecule has 4 nitrogen and oxygen atoms in total. The Morgan fingerprint density at radius 2 is 1.72 bits per heavy atom. The van der Waals surface area contributed by atoms with Crippen molar-refractivity contribution in [2.75, 3.05) is 0 Å². The maximum atomic E-state index is 13.5. The molecule has 0 N–H and O–H groups in total. The van der Waals surface area contributed by atoms with Gasteiger partial charge >= 0.3 is 6.18 Å². The molecule has 0 amide bonds. The molecule has 0 atom stereocenters. The van der Waals surface area contributed by atoms with Crippen LogP contribution in [0.3, 0.4) is 0 Å². The van der Waals surface area contributed by atoms with Gasteiger partial charge in [-0.1, -0.05) is 29.8 Å². The first-order valence-corrected chi connectivity index (χ1v) is 9.03. The number of hydrogen-bond donors (Lipinski definition) is 0. The van der Waals surface area contributed by atoms with Crippen LogP contribution in [0.1, 0.15) is 22.5 Å². The maximum Gasteiger partial charge on any atom is 0.433 e. The van der Waals surface area contributed by atoms with Gasteiger partial charge < -0.3 is 4.74 Å². The van der Waals surface area contributed by atoms with Gasteiger partial charge in [-0.05, 0) is 49.7 Å². The summed E-state index contributed by atoms with van der Waals surface area (Å²) in [5.41, 5.74) is 2.78. The van der Waals surface area contributed by atoms with Crippen LogP contribution in [0.4, 0.5) is 13.2 Å². The zero-order valence-electron chi connectivity index (χ0n) is 15.9. The molecule has 0 radical (unpaired) electrons. The SMILES string of the molecule is Cc1cccc(COc2ccc(-c3cc(C(F)(F)F)n4nc(C)cc4n3)cc2)c1. The minimum atomic E-state index is -4.54. The Kier molecular flexibility index (Phi) is 4.74. The van der Waals surface area contributed by atoms with Gasteiger partial charge in [0.25, 0.3) is 0 Å². The van der Waals surface area contributed by atoms with E-state index in [1.165, 1.54) is 6.07 Å². The van der Waals surface area contributed by atoms with E-state index in [0.717, 1.165) is 21.7 Å². The number of hydrogen-bond acceptors (Lipinski definition) is 3. The third-order valence-corrected chi connectivity index (χ3v) is 4.48. The predicted octanol–water partition coefficient (Wildman–Crippen LogP) is 5.61. The van der Waals surface area contributed by atoms with Crippen LogP contribution in [-0.2, 0) is 12.8 Å². The van der Waals surface area contributed by atoms with Gasteiger partial charge in [-0.15, -0.1) is 0 Å². The molecule has 0 spiro atoms. The molecule has 29 heavy (non-hydrogen) atoms. The molecular formula is C22H18F3N3O. The highest BCUT2D eigenvalue weighted by Crippen LogP contribution is 2.32.